The Morgan fingerprint density at radius 3 is 2.65 bits per heavy atom. The van der Waals surface area contributed by atoms with Gasteiger partial charge in [0.15, 0.2) is 0 Å². The number of hydrogen-bond acceptors (Lipinski definition) is 4. The molecule has 114 valence electrons. The highest BCUT2D eigenvalue weighted by molar-refractivity contribution is 5.24. The Kier molecular flexibility index (Phi) is 2.83. The number of rotatable bonds is 0. The lowest BCUT2D eigenvalue weighted by atomic mass is 9.45. The van der Waals surface area contributed by atoms with Crippen molar-refractivity contribution in [3.63, 3.8) is 0 Å². The Hall–Kier alpha value is -0.160. The Morgan fingerprint density at radius 1 is 1.10 bits per heavy atom. The number of aliphatic hydroxyl groups excluding tert-OH is 2. The van der Waals surface area contributed by atoms with Crippen molar-refractivity contribution in [1.29, 1.82) is 0 Å². The summed E-state index contributed by atoms with van der Waals surface area (Å²) >= 11 is 0. The standard InChI is InChI=1S/C16H27NO3/c1-10-9-15-11-4-2-6-17(15)7-3-5-16(15,20)12(14(10)19)8-13(11)18/h10-14,18-20H,2-9H2,1H3/t10-,11+,12+,13+,14+,15-,16-/m0/s1. The van der Waals surface area contributed by atoms with Crippen molar-refractivity contribution in [2.24, 2.45) is 17.8 Å². The van der Waals surface area contributed by atoms with Gasteiger partial charge in [0, 0.05) is 11.8 Å². The van der Waals surface area contributed by atoms with Crippen LogP contribution in [0.2, 0.25) is 0 Å². The van der Waals surface area contributed by atoms with E-state index in [-0.39, 0.29) is 29.4 Å². The second kappa shape index (κ2) is 4.19. The third kappa shape index (κ3) is 1.37. The maximum Gasteiger partial charge on any atom is 0.0888 e. The van der Waals surface area contributed by atoms with Crippen LogP contribution in [0.15, 0.2) is 0 Å². The fourth-order valence-corrected chi connectivity index (χ4v) is 6.36. The average molecular weight is 281 g/mol. The number of nitrogens with zero attached hydrogens (tertiary/aromatic N) is 1. The van der Waals surface area contributed by atoms with Crippen LogP contribution in [0.5, 0.6) is 0 Å². The minimum absolute atomic E-state index is 0.154. The van der Waals surface area contributed by atoms with Crippen LogP contribution in [0.1, 0.15) is 45.4 Å². The van der Waals surface area contributed by atoms with Gasteiger partial charge in [0.25, 0.3) is 0 Å². The van der Waals surface area contributed by atoms with Gasteiger partial charge in [0.1, 0.15) is 0 Å². The normalized spacial score (nSPS) is 59.1. The fourth-order valence-electron chi connectivity index (χ4n) is 6.36. The van der Waals surface area contributed by atoms with Crippen molar-refractivity contribution < 1.29 is 15.3 Å². The minimum Gasteiger partial charge on any atom is -0.393 e. The molecule has 4 rings (SSSR count). The Balaban J connectivity index is 1.88. The summed E-state index contributed by atoms with van der Waals surface area (Å²) in [5.41, 5.74) is -1.06. The summed E-state index contributed by atoms with van der Waals surface area (Å²) in [7, 11) is 0. The highest BCUT2D eigenvalue weighted by Gasteiger charge is 2.71. The second-order valence-corrected chi connectivity index (χ2v) is 7.77. The van der Waals surface area contributed by atoms with Crippen LogP contribution >= 0.6 is 0 Å². The lowest BCUT2D eigenvalue weighted by Crippen LogP contribution is -2.82. The first-order valence-corrected chi connectivity index (χ1v) is 8.34. The van der Waals surface area contributed by atoms with Crippen LogP contribution in [-0.4, -0.2) is 56.7 Å². The molecule has 0 unspecified atom stereocenters. The van der Waals surface area contributed by atoms with Crippen LogP contribution in [0, 0.1) is 17.8 Å². The molecule has 4 heteroatoms. The van der Waals surface area contributed by atoms with Gasteiger partial charge in [-0.25, -0.2) is 0 Å². The molecule has 2 aliphatic carbocycles. The van der Waals surface area contributed by atoms with Gasteiger partial charge in [0.2, 0.25) is 0 Å². The molecule has 3 N–H and O–H groups in total. The highest BCUT2D eigenvalue weighted by Crippen LogP contribution is 2.62. The average Bonchev–Trinajstić information content (AvgIpc) is 2.41. The lowest BCUT2D eigenvalue weighted by Gasteiger charge is -2.71. The van der Waals surface area contributed by atoms with E-state index in [0.29, 0.717) is 6.42 Å². The van der Waals surface area contributed by atoms with Gasteiger partial charge < -0.3 is 15.3 Å². The third-order valence-corrected chi connectivity index (χ3v) is 7.06. The first-order valence-electron chi connectivity index (χ1n) is 8.34. The van der Waals surface area contributed by atoms with Gasteiger partial charge in [-0.15, -0.1) is 0 Å². The molecule has 0 amide bonds. The molecule has 0 aromatic carbocycles. The zero-order chi connectivity index (χ0) is 14.1. The van der Waals surface area contributed by atoms with Gasteiger partial charge in [0.05, 0.1) is 23.3 Å². The molecule has 20 heavy (non-hydrogen) atoms. The predicted octanol–water partition coefficient (Wildman–Crippen LogP) is 0.744. The zero-order valence-electron chi connectivity index (χ0n) is 12.3. The summed E-state index contributed by atoms with van der Waals surface area (Å²) in [6, 6.07) is 0. The number of piperidine rings is 2. The molecule has 0 aromatic heterocycles. The van der Waals surface area contributed by atoms with Crippen molar-refractivity contribution in [2.75, 3.05) is 13.1 Å². The Labute approximate surface area is 120 Å². The Morgan fingerprint density at radius 2 is 1.85 bits per heavy atom. The van der Waals surface area contributed by atoms with Crippen LogP contribution in [0.4, 0.5) is 0 Å². The van der Waals surface area contributed by atoms with Gasteiger partial charge in [-0.1, -0.05) is 6.92 Å². The molecular weight excluding hydrogens is 254 g/mol. The fraction of sp³-hybridized carbons (Fsp3) is 1.00. The van der Waals surface area contributed by atoms with E-state index in [1.807, 2.05) is 0 Å². The van der Waals surface area contributed by atoms with E-state index >= 15 is 0 Å². The van der Waals surface area contributed by atoms with Crippen molar-refractivity contribution in [3.05, 3.63) is 0 Å². The molecule has 1 spiro atoms. The monoisotopic (exact) mass is 281 g/mol. The van der Waals surface area contributed by atoms with Crippen LogP contribution in [-0.2, 0) is 0 Å². The van der Waals surface area contributed by atoms with Crippen molar-refractivity contribution in [3.8, 4) is 0 Å². The van der Waals surface area contributed by atoms with E-state index in [4.69, 9.17) is 0 Å². The first kappa shape index (κ1) is 13.5. The topological polar surface area (TPSA) is 63.9 Å². The molecule has 2 bridgehead atoms. The number of aliphatic hydroxyl groups is 3. The largest absolute Gasteiger partial charge is 0.393 e. The van der Waals surface area contributed by atoms with E-state index < -0.39 is 11.7 Å². The minimum atomic E-state index is -0.790. The second-order valence-electron chi connectivity index (χ2n) is 7.77. The molecule has 4 aliphatic rings. The molecule has 2 saturated heterocycles. The molecule has 2 saturated carbocycles. The summed E-state index contributed by atoms with van der Waals surface area (Å²) in [5, 5.41) is 32.8. The van der Waals surface area contributed by atoms with E-state index in [1.54, 1.807) is 0 Å². The van der Waals surface area contributed by atoms with Crippen molar-refractivity contribution in [1.82, 2.24) is 4.90 Å². The zero-order valence-corrected chi connectivity index (χ0v) is 12.3. The van der Waals surface area contributed by atoms with E-state index in [1.165, 1.54) is 0 Å². The third-order valence-electron chi connectivity index (χ3n) is 7.06. The summed E-state index contributed by atoms with van der Waals surface area (Å²) in [5.74, 6) is 0.250. The van der Waals surface area contributed by atoms with Gasteiger partial charge in [-0.05, 0) is 57.5 Å². The van der Waals surface area contributed by atoms with Gasteiger partial charge in [-0.2, -0.15) is 0 Å². The SMILES string of the molecule is C[C@H]1C[C@@]23[C@@H]4CCCN2CCC[C@]3(O)[C@H](C[C@H]4O)[C@@H]1O. The number of hydrogen-bond donors (Lipinski definition) is 3. The van der Waals surface area contributed by atoms with Gasteiger partial charge in [-0.3, -0.25) is 4.90 Å². The molecule has 2 aliphatic heterocycles. The maximum absolute atomic E-state index is 11.6. The summed E-state index contributed by atoms with van der Waals surface area (Å²) in [6.07, 6.45) is 4.54. The molecule has 7 atom stereocenters. The van der Waals surface area contributed by atoms with Crippen LogP contribution < -0.4 is 0 Å². The summed E-state index contributed by atoms with van der Waals surface area (Å²) < 4.78 is 0. The Bertz CT molecular complexity index is 415. The van der Waals surface area contributed by atoms with Crippen molar-refractivity contribution >= 4 is 0 Å². The van der Waals surface area contributed by atoms with Crippen LogP contribution in [0.25, 0.3) is 0 Å². The summed E-state index contributed by atoms with van der Waals surface area (Å²) in [6.45, 7) is 4.20. The van der Waals surface area contributed by atoms with E-state index in [2.05, 4.69) is 11.8 Å². The van der Waals surface area contributed by atoms with Gasteiger partial charge >= 0.3 is 0 Å². The maximum atomic E-state index is 11.6. The van der Waals surface area contributed by atoms with Crippen LogP contribution in [0.3, 0.4) is 0 Å². The molecule has 4 nitrogen and oxygen atoms in total. The molecule has 0 radical (unpaired) electrons. The summed E-state index contributed by atoms with van der Waals surface area (Å²) in [4.78, 5) is 2.47. The highest BCUT2D eigenvalue weighted by atomic mass is 16.3. The molecule has 4 fully saturated rings. The van der Waals surface area contributed by atoms with E-state index in [0.717, 1.165) is 45.2 Å². The van der Waals surface area contributed by atoms with Crippen molar-refractivity contribution in [2.45, 2.75) is 68.8 Å². The van der Waals surface area contributed by atoms with E-state index in [9.17, 15) is 15.3 Å². The quantitative estimate of drug-likeness (QED) is 0.613. The predicted molar refractivity (Wildman–Crippen MR) is 75.1 cm³/mol. The lowest BCUT2D eigenvalue weighted by molar-refractivity contribution is -0.300. The smallest absolute Gasteiger partial charge is 0.0888 e. The molecular formula is C16H27NO3. The molecule has 0 aromatic rings. The molecule has 2 heterocycles. The first-order chi connectivity index (χ1) is 9.50.